The van der Waals surface area contributed by atoms with Gasteiger partial charge in [-0.3, -0.25) is 9.59 Å². The number of hydrogen-bond acceptors (Lipinski definition) is 4. The molecular formula is C36H38ClN3O3. The predicted molar refractivity (Wildman–Crippen MR) is 172 cm³/mol. The Bertz CT molecular complexity index is 1510. The first-order valence-electron chi connectivity index (χ1n) is 14.9. The van der Waals surface area contributed by atoms with Crippen LogP contribution < -0.4 is 20.7 Å². The highest BCUT2D eigenvalue weighted by Gasteiger charge is 2.39. The fraction of sp³-hybridized carbons (Fsp3) is 0.278. The van der Waals surface area contributed by atoms with E-state index >= 15 is 0 Å². The van der Waals surface area contributed by atoms with Crippen LogP contribution in [0.25, 0.3) is 11.1 Å². The van der Waals surface area contributed by atoms with Crippen LogP contribution in [0, 0.1) is 0 Å². The van der Waals surface area contributed by atoms with E-state index in [0.717, 1.165) is 48.2 Å². The Labute approximate surface area is 258 Å². The first-order chi connectivity index (χ1) is 21.0. The molecule has 4 aromatic rings. The van der Waals surface area contributed by atoms with Gasteiger partial charge in [0, 0.05) is 29.1 Å². The summed E-state index contributed by atoms with van der Waals surface area (Å²) in [6.45, 7) is 1.19. The lowest BCUT2D eigenvalue weighted by Gasteiger charge is -2.19. The first kappa shape index (κ1) is 30.3. The van der Waals surface area contributed by atoms with E-state index in [9.17, 15) is 9.59 Å². The summed E-state index contributed by atoms with van der Waals surface area (Å²) in [5, 5.41) is 10.2. The standard InChI is InChI=1S/C36H38ClN3O3/c1-43-34-16-6-5-14-30(34)31-23-33(31)38-21-8-7-15-32(36(42)39-24-25-10-9-13-29(37)22-25)40-35(41)28-19-17-27(18-20-28)26-11-3-2-4-12-26/h2-6,9-14,16-20,22,31-33,38H,7-8,15,21,23-24H2,1H3,(H,39,42)(H,40,41)/t31-,32?,33+/m0/s1. The number of nitrogens with one attached hydrogen (secondary N) is 3. The minimum atomic E-state index is -0.650. The van der Waals surface area contributed by atoms with Crippen molar-refractivity contribution in [3.05, 3.63) is 125 Å². The third-order valence-corrected chi connectivity index (χ3v) is 8.12. The average molecular weight is 596 g/mol. The van der Waals surface area contributed by atoms with Crippen LogP contribution in [0.1, 0.15) is 53.1 Å². The molecule has 7 heteroatoms. The zero-order chi connectivity index (χ0) is 30.0. The van der Waals surface area contributed by atoms with Crippen molar-refractivity contribution in [3.8, 4) is 16.9 Å². The normalized spacial score (nSPS) is 16.2. The summed E-state index contributed by atoms with van der Waals surface area (Å²) < 4.78 is 5.52. The second-order valence-corrected chi connectivity index (χ2v) is 11.4. The van der Waals surface area contributed by atoms with Gasteiger partial charge in [-0.25, -0.2) is 0 Å². The molecule has 3 atom stereocenters. The van der Waals surface area contributed by atoms with Gasteiger partial charge in [0.05, 0.1) is 7.11 Å². The number of ether oxygens (including phenoxy) is 1. The van der Waals surface area contributed by atoms with Crippen LogP contribution in [-0.4, -0.2) is 37.6 Å². The maximum Gasteiger partial charge on any atom is 0.251 e. The Hall–Kier alpha value is -4.13. The van der Waals surface area contributed by atoms with Crippen LogP contribution in [0.3, 0.4) is 0 Å². The van der Waals surface area contributed by atoms with Gasteiger partial charge in [-0.2, -0.15) is 0 Å². The molecule has 222 valence electrons. The SMILES string of the molecule is COc1ccccc1[C@@H]1C[C@H]1NCCCCC(NC(=O)c1ccc(-c2ccccc2)cc1)C(=O)NCc1cccc(Cl)c1. The second-order valence-electron chi connectivity index (χ2n) is 11.0. The van der Waals surface area contributed by atoms with Gasteiger partial charge in [0.1, 0.15) is 11.8 Å². The lowest BCUT2D eigenvalue weighted by molar-refractivity contribution is -0.123. The molecule has 43 heavy (non-hydrogen) atoms. The Balaban J connectivity index is 1.15. The molecule has 0 radical (unpaired) electrons. The molecule has 0 heterocycles. The van der Waals surface area contributed by atoms with E-state index in [-0.39, 0.29) is 11.8 Å². The molecule has 1 saturated carbocycles. The third-order valence-electron chi connectivity index (χ3n) is 7.89. The summed E-state index contributed by atoms with van der Waals surface area (Å²) in [6, 6.07) is 32.9. The van der Waals surface area contributed by atoms with Crippen molar-refractivity contribution in [3.63, 3.8) is 0 Å². The number of amides is 2. The van der Waals surface area contributed by atoms with Crippen molar-refractivity contribution in [2.24, 2.45) is 0 Å². The molecule has 0 spiro atoms. The minimum absolute atomic E-state index is 0.208. The van der Waals surface area contributed by atoms with E-state index in [0.29, 0.717) is 35.5 Å². The van der Waals surface area contributed by atoms with Crippen LogP contribution in [0.2, 0.25) is 5.02 Å². The minimum Gasteiger partial charge on any atom is -0.496 e. The van der Waals surface area contributed by atoms with Crippen LogP contribution in [0.4, 0.5) is 0 Å². The molecule has 0 saturated heterocycles. The maximum absolute atomic E-state index is 13.3. The van der Waals surface area contributed by atoms with Crippen molar-refractivity contribution in [2.45, 2.75) is 50.2 Å². The molecular weight excluding hydrogens is 558 g/mol. The molecule has 0 aliphatic heterocycles. The van der Waals surface area contributed by atoms with Crippen molar-refractivity contribution >= 4 is 23.4 Å². The number of unbranched alkanes of at least 4 members (excludes halogenated alkanes) is 1. The van der Waals surface area contributed by atoms with Gasteiger partial charge in [0.15, 0.2) is 0 Å². The number of para-hydroxylation sites is 1. The van der Waals surface area contributed by atoms with Crippen LogP contribution in [-0.2, 0) is 11.3 Å². The summed E-state index contributed by atoms with van der Waals surface area (Å²) in [4.78, 5) is 26.5. The molecule has 1 unspecified atom stereocenters. The number of hydrogen-bond donors (Lipinski definition) is 3. The molecule has 4 aromatic carbocycles. The van der Waals surface area contributed by atoms with Gasteiger partial charge in [0.25, 0.3) is 5.91 Å². The maximum atomic E-state index is 13.3. The zero-order valence-electron chi connectivity index (χ0n) is 24.4. The highest BCUT2D eigenvalue weighted by atomic mass is 35.5. The van der Waals surface area contributed by atoms with E-state index in [1.165, 1.54) is 5.56 Å². The lowest BCUT2D eigenvalue weighted by Crippen LogP contribution is -2.46. The number of carbonyl (C=O) groups excluding carboxylic acids is 2. The first-order valence-corrected chi connectivity index (χ1v) is 15.2. The van der Waals surface area contributed by atoms with Gasteiger partial charge in [0.2, 0.25) is 5.91 Å². The summed E-state index contributed by atoms with van der Waals surface area (Å²) in [7, 11) is 1.71. The Morgan fingerprint density at radius 1 is 0.884 bits per heavy atom. The molecule has 3 N–H and O–H groups in total. The van der Waals surface area contributed by atoms with Gasteiger partial charge in [-0.1, -0.05) is 84.4 Å². The van der Waals surface area contributed by atoms with E-state index < -0.39 is 6.04 Å². The van der Waals surface area contributed by atoms with E-state index in [2.05, 4.69) is 28.1 Å². The second kappa shape index (κ2) is 14.9. The molecule has 0 bridgehead atoms. The average Bonchev–Trinajstić information content (AvgIpc) is 3.82. The zero-order valence-corrected chi connectivity index (χ0v) is 25.1. The highest BCUT2D eigenvalue weighted by Crippen LogP contribution is 2.44. The van der Waals surface area contributed by atoms with Crippen molar-refractivity contribution < 1.29 is 14.3 Å². The molecule has 5 rings (SSSR count). The highest BCUT2D eigenvalue weighted by molar-refractivity contribution is 6.30. The van der Waals surface area contributed by atoms with Gasteiger partial charge in [-0.05, 0) is 84.8 Å². The Kier molecular flexibility index (Phi) is 10.5. The van der Waals surface area contributed by atoms with E-state index in [1.807, 2.05) is 72.8 Å². The summed E-state index contributed by atoms with van der Waals surface area (Å²) in [5.41, 5.74) is 4.79. The smallest absolute Gasteiger partial charge is 0.251 e. The fourth-order valence-corrected chi connectivity index (χ4v) is 5.63. The van der Waals surface area contributed by atoms with Gasteiger partial charge >= 0.3 is 0 Å². The quantitative estimate of drug-likeness (QED) is 0.141. The monoisotopic (exact) mass is 595 g/mol. The molecule has 1 aliphatic carbocycles. The molecule has 1 aliphatic rings. The summed E-state index contributed by atoms with van der Waals surface area (Å²) >= 11 is 6.11. The van der Waals surface area contributed by atoms with Crippen LogP contribution >= 0.6 is 11.6 Å². The van der Waals surface area contributed by atoms with Crippen LogP contribution in [0.15, 0.2) is 103 Å². The summed E-state index contributed by atoms with van der Waals surface area (Å²) in [6.07, 6.45) is 3.32. The third kappa shape index (κ3) is 8.46. The predicted octanol–water partition coefficient (Wildman–Crippen LogP) is 6.75. The Morgan fingerprint density at radius 2 is 1.63 bits per heavy atom. The van der Waals surface area contributed by atoms with E-state index in [4.69, 9.17) is 16.3 Å². The number of rotatable bonds is 14. The van der Waals surface area contributed by atoms with E-state index in [1.54, 1.807) is 25.3 Å². The van der Waals surface area contributed by atoms with Gasteiger partial charge < -0.3 is 20.7 Å². The molecule has 0 aromatic heterocycles. The topological polar surface area (TPSA) is 79.5 Å². The number of methoxy groups -OCH3 is 1. The Morgan fingerprint density at radius 3 is 2.40 bits per heavy atom. The number of halogens is 1. The molecule has 1 fully saturated rings. The summed E-state index contributed by atoms with van der Waals surface area (Å²) in [5.74, 6) is 0.932. The number of benzene rings is 4. The van der Waals surface area contributed by atoms with Crippen LogP contribution in [0.5, 0.6) is 5.75 Å². The number of carbonyl (C=O) groups is 2. The lowest BCUT2D eigenvalue weighted by atomic mass is 10.0. The van der Waals surface area contributed by atoms with Crippen molar-refractivity contribution in [1.82, 2.24) is 16.0 Å². The van der Waals surface area contributed by atoms with Crippen molar-refractivity contribution in [1.29, 1.82) is 0 Å². The molecule has 6 nitrogen and oxygen atoms in total. The molecule has 2 amide bonds. The largest absolute Gasteiger partial charge is 0.496 e. The van der Waals surface area contributed by atoms with Crippen molar-refractivity contribution in [2.75, 3.05) is 13.7 Å². The van der Waals surface area contributed by atoms with Gasteiger partial charge in [-0.15, -0.1) is 0 Å². The fourth-order valence-electron chi connectivity index (χ4n) is 5.41.